The maximum Gasteiger partial charge on any atom is 0.391 e. The SMILES string of the molecule is CC(C)(CC(F)(F)F)N=C=O. The van der Waals surface area contributed by atoms with E-state index in [1.807, 2.05) is 0 Å². The molecule has 0 fully saturated rings. The molecule has 0 saturated carbocycles. The van der Waals surface area contributed by atoms with E-state index in [4.69, 9.17) is 0 Å². The molecule has 0 aliphatic carbocycles. The van der Waals surface area contributed by atoms with Crippen molar-refractivity contribution in [1.29, 1.82) is 0 Å². The number of rotatable bonds is 2. The molecule has 0 atom stereocenters. The zero-order valence-corrected chi connectivity index (χ0v) is 6.20. The van der Waals surface area contributed by atoms with Crippen LogP contribution in [-0.2, 0) is 4.79 Å². The zero-order valence-electron chi connectivity index (χ0n) is 6.20. The fraction of sp³-hybridized carbons (Fsp3) is 0.833. The number of nitrogens with zero attached hydrogens (tertiary/aromatic N) is 1. The van der Waals surface area contributed by atoms with E-state index < -0.39 is 18.1 Å². The fourth-order valence-corrected chi connectivity index (χ4v) is 0.654. The summed E-state index contributed by atoms with van der Waals surface area (Å²) in [7, 11) is 0. The molecule has 0 aliphatic rings. The molecule has 0 saturated heterocycles. The van der Waals surface area contributed by atoms with Crippen molar-refractivity contribution in [3.8, 4) is 0 Å². The predicted molar refractivity (Wildman–Crippen MR) is 32.9 cm³/mol. The Bertz CT molecular complexity index is 179. The molecular formula is C6H8F3NO. The summed E-state index contributed by atoms with van der Waals surface area (Å²) in [6.07, 6.45) is -4.28. The van der Waals surface area contributed by atoms with Crippen molar-refractivity contribution in [2.75, 3.05) is 0 Å². The van der Waals surface area contributed by atoms with Crippen molar-refractivity contribution < 1.29 is 18.0 Å². The first-order valence-electron chi connectivity index (χ1n) is 2.93. The van der Waals surface area contributed by atoms with Gasteiger partial charge in [-0.1, -0.05) is 0 Å². The normalized spacial score (nSPS) is 12.5. The lowest BCUT2D eigenvalue weighted by atomic mass is 10.0. The molecule has 0 bridgehead atoms. The molecule has 0 aromatic rings. The maximum atomic E-state index is 11.7. The third-order valence-corrected chi connectivity index (χ3v) is 0.981. The molecule has 0 heterocycles. The summed E-state index contributed by atoms with van der Waals surface area (Å²) in [6, 6.07) is 0. The number of alkyl halides is 3. The van der Waals surface area contributed by atoms with Gasteiger partial charge in [0, 0.05) is 0 Å². The average molecular weight is 167 g/mol. The van der Waals surface area contributed by atoms with E-state index in [-0.39, 0.29) is 0 Å². The van der Waals surface area contributed by atoms with Crippen LogP contribution in [0.1, 0.15) is 20.3 Å². The number of halogens is 3. The lowest BCUT2D eigenvalue weighted by Crippen LogP contribution is -2.25. The predicted octanol–water partition coefficient (Wildman–Crippen LogP) is 2.05. The fourth-order valence-electron chi connectivity index (χ4n) is 0.654. The topological polar surface area (TPSA) is 29.4 Å². The lowest BCUT2D eigenvalue weighted by Gasteiger charge is -2.18. The van der Waals surface area contributed by atoms with Gasteiger partial charge in [0.1, 0.15) is 0 Å². The Labute approximate surface area is 62.1 Å². The second-order valence-corrected chi connectivity index (χ2v) is 2.81. The molecule has 0 aromatic carbocycles. The molecule has 0 N–H and O–H groups in total. The van der Waals surface area contributed by atoms with E-state index in [1.165, 1.54) is 13.8 Å². The van der Waals surface area contributed by atoms with Crippen LogP contribution in [0.3, 0.4) is 0 Å². The second-order valence-electron chi connectivity index (χ2n) is 2.81. The molecule has 0 radical (unpaired) electrons. The Kier molecular flexibility index (Phi) is 2.82. The molecule has 2 nitrogen and oxygen atoms in total. The first-order chi connectivity index (χ1) is 4.77. The van der Waals surface area contributed by atoms with Crippen LogP contribution in [0.4, 0.5) is 13.2 Å². The van der Waals surface area contributed by atoms with Gasteiger partial charge in [0.25, 0.3) is 0 Å². The number of hydrogen-bond acceptors (Lipinski definition) is 2. The van der Waals surface area contributed by atoms with Crippen LogP contribution < -0.4 is 0 Å². The lowest BCUT2D eigenvalue weighted by molar-refractivity contribution is -0.144. The Hall–Kier alpha value is -0.830. The minimum Gasteiger partial charge on any atom is -0.211 e. The van der Waals surface area contributed by atoms with Crippen molar-refractivity contribution in [3.63, 3.8) is 0 Å². The van der Waals surface area contributed by atoms with Crippen molar-refractivity contribution in [2.45, 2.75) is 32.0 Å². The highest BCUT2D eigenvalue weighted by Crippen LogP contribution is 2.28. The highest BCUT2D eigenvalue weighted by molar-refractivity contribution is 5.34. The van der Waals surface area contributed by atoms with Gasteiger partial charge >= 0.3 is 6.18 Å². The first-order valence-corrected chi connectivity index (χ1v) is 2.93. The minimum absolute atomic E-state index is 1.10. The molecular weight excluding hydrogens is 159 g/mol. The number of hydrogen-bond donors (Lipinski definition) is 0. The third-order valence-electron chi connectivity index (χ3n) is 0.981. The molecule has 11 heavy (non-hydrogen) atoms. The van der Waals surface area contributed by atoms with E-state index in [0.29, 0.717) is 0 Å². The van der Waals surface area contributed by atoms with Crippen molar-refractivity contribution >= 4 is 6.08 Å². The van der Waals surface area contributed by atoms with E-state index in [0.717, 1.165) is 6.08 Å². The molecule has 0 spiro atoms. The highest BCUT2D eigenvalue weighted by Gasteiger charge is 2.36. The van der Waals surface area contributed by atoms with Crippen LogP contribution in [0.5, 0.6) is 0 Å². The summed E-state index contributed by atoms with van der Waals surface area (Å²) < 4.78 is 35.1. The van der Waals surface area contributed by atoms with Gasteiger partial charge in [-0.3, -0.25) is 0 Å². The van der Waals surface area contributed by atoms with Crippen molar-refractivity contribution in [1.82, 2.24) is 0 Å². The minimum atomic E-state index is -4.29. The quantitative estimate of drug-likeness (QED) is 0.457. The third kappa shape index (κ3) is 5.61. The molecule has 5 heteroatoms. The largest absolute Gasteiger partial charge is 0.391 e. The van der Waals surface area contributed by atoms with E-state index in [2.05, 4.69) is 4.99 Å². The summed E-state index contributed by atoms with van der Waals surface area (Å²) in [5.41, 5.74) is -1.39. The van der Waals surface area contributed by atoms with Crippen LogP contribution in [-0.4, -0.2) is 17.8 Å². The molecule has 0 rings (SSSR count). The Morgan fingerprint density at radius 2 is 1.82 bits per heavy atom. The molecule has 64 valence electrons. The van der Waals surface area contributed by atoms with Crippen LogP contribution in [0.2, 0.25) is 0 Å². The second kappa shape index (κ2) is 3.05. The first kappa shape index (κ1) is 10.2. The Balaban J connectivity index is 4.24. The summed E-state index contributed by atoms with van der Waals surface area (Å²) in [5.74, 6) is 0. The average Bonchev–Trinajstić information content (AvgIpc) is 1.55. The van der Waals surface area contributed by atoms with Gasteiger partial charge in [0.2, 0.25) is 6.08 Å². The maximum absolute atomic E-state index is 11.7. The van der Waals surface area contributed by atoms with Crippen molar-refractivity contribution in [2.24, 2.45) is 4.99 Å². The molecule has 0 aliphatic heterocycles. The Morgan fingerprint density at radius 1 is 1.36 bits per heavy atom. The Morgan fingerprint density at radius 3 is 2.09 bits per heavy atom. The van der Waals surface area contributed by atoms with Crippen LogP contribution in [0.15, 0.2) is 4.99 Å². The number of carbonyl (C=O) groups excluding carboxylic acids is 1. The van der Waals surface area contributed by atoms with Gasteiger partial charge < -0.3 is 0 Å². The number of aliphatic imine (C=N–C) groups is 1. The monoisotopic (exact) mass is 167 g/mol. The molecule has 0 unspecified atom stereocenters. The van der Waals surface area contributed by atoms with Crippen LogP contribution in [0, 0.1) is 0 Å². The van der Waals surface area contributed by atoms with Gasteiger partial charge in [0.05, 0.1) is 12.0 Å². The highest BCUT2D eigenvalue weighted by atomic mass is 19.4. The van der Waals surface area contributed by atoms with E-state index >= 15 is 0 Å². The smallest absolute Gasteiger partial charge is 0.211 e. The van der Waals surface area contributed by atoms with Gasteiger partial charge in [-0.25, -0.2) is 4.79 Å². The van der Waals surface area contributed by atoms with Crippen molar-refractivity contribution in [3.05, 3.63) is 0 Å². The summed E-state index contributed by atoms with van der Waals surface area (Å²) in [6.45, 7) is 2.46. The summed E-state index contributed by atoms with van der Waals surface area (Å²) >= 11 is 0. The molecule has 0 amide bonds. The summed E-state index contributed by atoms with van der Waals surface area (Å²) in [5, 5.41) is 0. The van der Waals surface area contributed by atoms with Crippen LogP contribution >= 0.6 is 0 Å². The number of isocyanates is 1. The van der Waals surface area contributed by atoms with Gasteiger partial charge in [0.15, 0.2) is 0 Å². The summed E-state index contributed by atoms with van der Waals surface area (Å²) in [4.78, 5) is 12.7. The molecule has 0 aromatic heterocycles. The van der Waals surface area contributed by atoms with Gasteiger partial charge in [-0.05, 0) is 13.8 Å². The van der Waals surface area contributed by atoms with E-state index in [1.54, 1.807) is 0 Å². The standard InChI is InChI=1S/C6H8F3NO/c1-5(2,10-4-11)3-6(7,8)9/h3H2,1-2H3. The zero-order chi connectivity index (χ0) is 9.12. The van der Waals surface area contributed by atoms with Crippen LogP contribution in [0.25, 0.3) is 0 Å². The van der Waals surface area contributed by atoms with E-state index in [9.17, 15) is 18.0 Å². The van der Waals surface area contributed by atoms with Gasteiger partial charge in [-0.15, -0.1) is 0 Å². The van der Waals surface area contributed by atoms with Gasteiger partial charge in [-0.2, -0.15) is 18.2 Å².